The minimum Gasteiger partial charge on any atom is -0.497 e. The second-order valence-electron chi connectivity index (χ2n) is 4.72. The zero-order chi connectivity index (χ0) is 14.4. The number of nitrogens with two attached hydrogens (primary N) is 1. The molecule has 0 spiro atoms. The first kappa shape index (κ1) is 14.3. The van der Waals surface area contributed by atoms with Crippen molar-refractivity contribution in [2.24, 2.45) is 5.84 Å². The summed E-state index contributed by atoms with van der Waals surface area (Å²) in [6.45, 7) is 1.68. The number of pyridine rings is 1. The molecule has 0 radical (unpaired) electrons. The molecule has 1 aromatic heterocycles. The van der Waals surface area contributed by atoms with Gasteiger partial charge in [-0.3, -0.25) is 4.90 Å². The second-order valence-corrected chi connectivity index (χ2v) is 4.72. The van der Waals surface area contributed by atoms with Gasteiger partial charge < -0.3 is 10.2 Å². The number of aromatic nitrogens is 1. The van der Waals surface area contributed by atoms with Gasteiger partial charge in [0.25, 0.3) is 0 Å². The highest BCUT2D eigenvalue weighted by atomic mass is 16.5. The van der Waals surface area contributed by atoms with Gasteiger partial charge in [0.05, 0.1) is 7.11 Å². The van der Waals surface area contributed by atoms with Gasteiger partial charge in [0.1, 0.15) is 11.6 Å². The maximum atomic E-state index is 5.37. The van der Waals surface area contributed by atoms with Gasteiger partial charge in [-0.1, -0.05) is 12.1 Å². The minimum absolute atomic E-state index is 0.678. The Morgan fingerprint density at radius 1 is 1.20 bits per heavy atom. The number of rotatable bonds is 6. The predicted molar refractivity (Wildman–Crippen MR) is 80.2 cm³/mol. The largest absolute Gasteiger partial charge is 0.497 e. The van der Waals surface area contributed by atoms with E-state index in [1.807, 2.05) is 24.3 Å². The Morgan fingerprint density at radius 3 is 2.65 bits per heavy atom. The van der Waals surface area contributed by atoms with E-state index in [2.05, 4.69) is 34.5 Å². The Labute approximate surface area is 119 Å². The van der Waals surface area contributed by atoms with Crippen LogP contribution in [0.2, 0.25) is 0 Å². The van der Waals surface area contributed by atoms with Crippen molar-refractivity contribution in [1.29, 1.82) is 0 Å². The summed E-state index contributed by atoms with van der Waals surface area (Å²) < 4.78 is 5.24. The molecule has 0 fully saturated rings. The molecule has 0 saturated heterocycles. The smallest absolute Gasteiger partial charge is 0.140 e. The number of hydrazine groups is 1. The zero-order valence-corrected chi connectivity index (χ0v) is 11.8. The molecule has 5 heteroatoms. The molecular weight excluding hydrogens is 252 g/mol. The van der Waals surface area contributed by atoms with Crippen molar-refractivity contribution >= 4 is 5.82 Å². The van der Waals surface area contributed by atoms with Crippen molar-refractivity contribution in [3.63, 3.8) is 0 Å². The number of ether oxygens (including phenoxy) is 1. The van der Waals surface area contributed by atoms with E-state index in [4.69, 9.17) is 10.6 Å². The van der Waals surface area contributed by atoms with E-state index >= 15 is 0 Å². The Balaban J connectivity index is 1.99. The van der Waals surface area contributed by atoms with Crippen molar-refractivity contribution < 1.29 is 4.74 Å². The number of nitrogen functional groups attached to an aromatic ring is 1. The molecule has 0 bridgehead atoms. The lowest BCUT2D eigenvalue weighted by molar-refractivity contribution is 0.318. The molecular formula is C15H20N4O. The number of nitrogens with zero attached hydrogens (tertiary/aromatic N) is 2. The van der Waals surface area contributed by atoms with Gasteiger partial charge in [0.15, 0.2) is 0 Å². The van der Waals surface area contributed by atoms with Crippen LogP contribution >= 0.6 is 0 Å². The highest BCUT2D eigenvalue weighted by Crippen LogP contribution is 2.15. The molecule has 2 aromatic rings. The highest BCUT2D eigenvalue weighted by molar-refractivity contribution is 5.36. The van der Waals surface area contributed by atoms with Crippen LogP contribution in [-0.2, 0) is 13.1 Å². The van der Waals surface area contributed by atoms with Gasteiger partial charge in [-0.25, -0.2) is 10.8 Å². The van der Waals surface area contributed by atoms with E-state index in [0.717, 1.165) is 18.8 Å². The van der Waals surface area contributed by atoms with Gasteiger partial charge in [-0.05, 0) is 42.4 Å². The van der Waals surface area contributed by atoms with Crippen LogP contribution in [0.4, 0.5) is 5.82 Å². The topological polar surface area (TPSA) is 63.4 Å². The molecule has 0 aliphatic carbocycles. The van der Waals surface area contributed by atoms with Crippen molar-refractivity contribution in [3.05, 3.63) is 53.7 Å². The normalized spacial score (nSPS) is 10.6. The third-order valence-corrected chi connectivity index (χ3v) is 3.01. The van der Waals surface area contributed by atoms with E-state index in [9.17, 15) is 0 Å². The fourth-order valence-electron chi connectivity index (χ4n) is 2.10. The van der Waals surface area contributed by atoms with Gasteiger partial charge in [-0.2, -0.15) is 0 Å². The SMILES string of the molecule is COc1cccc(CN(C)Cc2ccnc(NN)c2)c1. The van der Waals surface area contributed by atoms with Crippen LogP contribution in [0.15, 0.2) is 42.6 Å². The van der Waals surface area contributed by atoms with Crippen LogP contribution in [0.25, 0.3) is 0 Å². The van der Waals surface area contributed by atoms with Crippen molar-refractivity contribution in [2.75, 3.05) is 19.6 Å². The third kappa shape index (κ3) is 3.94. The Kier molecular flexibility index (Phi) is 4.92. The van der Waals surface area contributed by atoms with Crippen LogP contribution in [0, 0.1) is 0 Å². The third-order valence-electron chi connectivity index (χ3n) is 3.01. The summed E-state index contributed by atoms with van der Waals surface area (Å²) in [6, 6.07) is 12.0. The number of benzene rings is 1. The molecule has 0 aliphatic heterocycles. The molecule has 2 rings (SSSR count). The Hall–Kier alpha value is -2.11. The average molecular weight is 272 g/mol. The summed E-state index contributed by atoms with van der Waals surface area (Å²) in [5, 5.41) is 0. The maximum Gasteiger partial charge on any atom is 0.140 e. The first-order valence-corrected chi connectivity index (χ1v) is 6.44. The van der Waals surface area contributed by atoms with E-state index in [0.29, 0.717) is 5.82 Å². The molecule has 20 heavy (non-hydrogen) atoms. The van der Waals surface area contributed by atoms with Gasteiger partial charge in [0, 0.05) is 19.3 Å². The van der Waals surface area contributed by atoms with E-state index in [1.165, 1.54) is 11.1 Å². The van der Waals surface area contributed by atoms with Crippen LogP contribution in [0.5, 0.6) is 5.75 Å². The first-order valence-electron chi connectivity index (χ1n) is 6.44. The highest BCUT2D eigenvalue weighted by Gasteiger charge is 2.04. The van der Waals surface area contributed by atoms with Crippen LogP contribution in [0.3, 0.4) is 0 Å². The summed E-state index contributed by atoms with van der Waals surface area (Å²) in [6.07, 6.45) is 1.75. The van der Waals surface area contributed by atoms with Crippen molar-refractivity contribution in [3.8, 4) is 5.75 Å². The van der Waals surface area contributed by atoms with E-state index in [-0.39, 0.29) is 0 Å². The molecule has 0 aliphatic rings. The number of hydrogen-bond donors (Lipinski definition) is 2. The average Bonchev–Trinajstić information content (AvgIpc) is 2.47. The molecule has 0 saturated carbocycles. The van der Waals surface area contributed by atoms with Crippen LogP contribution < -0.4 is 16.0 Å². The monoisotopic (exact) mass is 272 g/mol. The van der Waals surface area contributed by atoms with Gasteiger partial charge >= 0.3 is 0 Å². The Morgan fingerprint density at radius 2 is 1.95 bits per heavy atom. The maximum absolute atomic E-state index is 5.37. The molecule has 1 heterocycles. The number of nitrogens with one attached hydrogen (secondary N) is 1. The van der Waals surface area contributed by atoms with E-state index in [1.54, 1.807) is 13.3 Å². The molecule has 106 valence electrons. The van der Waals surface area contributed by atoms with Crippen molar-refractivity contribution in [2.45, 2.75) is 13.1 Å². The van der Waals surface area contributed by atoms with Crippen molar-refractivity contribution in [1.82, 2.24) is 9.88 Å². The summed E-state index contributed by atoms with van der Waals surface area (Å²) in [5.74, 6) is 6.93. The lowest BCUT2D eigenvalue weighted by Crippen LogP contribution is -2.17. The summed E-state index contributed by atoms with van der Waals surface area (Å²) in [4.78, 5) is 6.33. The lowest BCUT2D eigenvalue weighted by atomic mass is 10.2. The summed E-state index contributed by atoms with van der Waals surface area (Å²) in [7, 11) is 3.76. The number of hydrogen-bond acceptors (Lipinski definition) is 5. The van der Waals surface area contributed by atoms with Crippen LogP contribution in [0.1, 0.15) is 11.1 Å². The molecule has 0 atom stereocenters. The van der Waals surface area contributed by atoms with Gasteiger partial charge in [-0.15, -0.1) is 0 Å². The summed E-state index contributed by atoms with van der Waals surface area (Å²) in [5.41, 5.74) is 4.94. The molecule has 5 nitrogen and oxygen atoms in total. The molecule has 1 aromatic carbocycles. The van der Waals surface area contributed by atoms with Crippen LogP contribution in [-0.4, -0.2) is 24.0 Å². The minimum atomic E-state index is 0.678. The number of methoxy groups -OCH3 is 1. The fourth-order valence-corrected chi connectivity index (χ4v) is 2.10. The fraction of sp³-hybridized carbons (Fsp3) is 0.267. The molecule has 3 N–H and O–H groups in total. The quantitative estimate of drug-likeness (QED) is 0.622. The second kappa shape index (κ2) is 6.88. The first-order chi connectivity index (χ1) is 9.71. The zero-order valence-electron chi connectivity index (χ0n) is 11.8. The lowest BCUT2D eigenvalue weighted by Gasteiger charge is -2.17. The Bertz CT molecular complexity index is 510. The summed E-state index contributed by atoms with van der Waals surface area (Å²) >= 11 is 0. The van der Waals surface area contributed by atoms with E-state index < -0.39 is 0 Å². The standard InChI is InChI=1S/C15H20N4O/c1-19(10-12-4-3-5-14(8-12)20-2)11-13-6-7-17-15(9-13)18-16/h3-9H,10-11,16H2,1-2H3,(H,17,18). The number of anilines is 1. The predicted octanol–water partition coefficient (Wildman–Crippen LogP) is 2.01. The molecule has 0 amide bonds. The van der Waals surface area contributed by atoms with Gasteiger partial charge in [0.2, 0.25) is 0 Å². The molecule has 0 unspecified atom stereocenters.